The second-order valence-corrected chi connectivity index (χ2v) is 7.12. The summed E-state index contributed by atoms with van der Waals surface area (Å²) < 4.78 is 28.3. The summed E-state index contributed by atoms with van der Waals surface area (Å²) in [4.78, 5) is 12.7. The number of rotatable bonds is 5. The average molecular weight is 406 g/mol. The van der Waals surface area contributed by atoms with E-state index in [4.69, 9.17) is 0 Å². The molecule has 0 spiro atoms. The molecule has 0 aromatic heterocycles. The maximum absolute atomic E-state index is 14.5. The average Bonchev–Trinajstić information content (AvgIpc) is 2.74. The lowest BCUT2D eigenvalue weighted by molar-refractivity contribution is 0.0922. The molecule has 2 N–H and O–H groups in total. The zero-order chi connectivity index (χ0) is 21.8. The number of aliphatic hydroxyl groups is 1. The summed E-state index contributed by atoms with van der Waals surface area (Å²) in [5.41, 5.74) is 2.92. The predicted octanol–water partition coefficient (Wildman–Crippen LogP) is 4.59. The molecule has 0 aliphatic heterocycles. The molecule has 0 saturated heterocycles. The minimum Gasteiger partial charge on any atom is -0.394 e. The molecule has 152 valence electrons. The minimum absolute atomic E-state index is 0.00623. The van der Waals surface area contributed by atoms with E-state index >= 15 is 0 Å². The first-order valence-electron chi connectivity index (χ1n) is 9.36. The van der Waals surface area contributed by atoms with Gasteiger partial charge in [-0.1, -0.05) is 24.3 Å². The van der Waals surface area contributed by atoms with Crippen LogP contribution < -0.4 is 5.32 Å². The molecular weight excluding hydrogens is 386 g/mol. The first-order valence-corrected chi connectivity index (χ1v) is 9.36. The molecule has 0 radical (unpaired) electrons. The van der Waals surface area contributed by atoms with Gasteiger partial charge in [0.05, 0.1) is 18.2 Å². The molecule has 0 saturated carbocycles. The molecule has 0 bridgehead atoms. The van der Waals surface area contributed by atoms with E-state index in [9.17, 15) is 23.9 Å². The smallest absolute Gasteiger partial charge is 0.251 e. The topological polar surface area (TPSA) is 73.1 Å². The maximum atomic E-state index is 14.5. The third-order valence-corrected chi connectivity index (χ3v) is 4.72. The van der Waals surface area contributed by atoms with Crippen LogP contribution in [0.3, 0.4) is 0 Å². The standard InChI is InChI=1S/C24H20F2N2O2/c1-14-6-7-20(19(8-14)12-27)16-9-17(21-4-3-5-22(25)23(21)26)11-18(10-16)24(30)28-15(2)13-29/h3-11,15,29H,13H2,1-2H3,(H,28,30)/t15-/m0/s1. The summed E-state index contributed by atoms with van der Waals surface area (Å²) in [7, 11) is 0. The number of aryl methyl sites for hydroxylation is 1. The molecule has 3 aromatic rings. The van der Waals surface area contributed by atoms with E-state index < -0.39 is 23.6 Å². The van der Waals surface area contributed by atoms with Gasteiger partial charge in [-0.3, -0.25) is 4.79 Å². The molecule has 0 unspecified atom stereocenters. The zero-order valence-corrected chi connectivity index (χ0v) is 16.5. The second-order valence-electron chi connectivity index (χ2n) is 7.12. The number of carbonyl (C=O) groups excluding carboxylic acids is 1. The number of halogens is 2. The Morgan fingerprint density at radius 2 is 1.80 bits per heavy atom. The number of hydrogen-bond acceptors (Lipinski definition) is 3. The third kappa shape index (κ3) is 4.37. The molecular formula is C24H20F2N2O2. The lowest BCUT2D eigenvalue weighted by Gasteiger charge is -2.15. The van der Waals surface area contributed by atoms with Gasteiger partial charge in [0, 0.05) is 17.2 Å². The first-order chi connectivity index (χ1) is 14.3. The Labute approximate surface area is 173 Å². The monoisotopic (exact) mass is 406 g/mol. The fourth-order valence-electron chi connectivity index (χ4n) is 3.15. The highest BCUT2D eigenvalue weighted by atomic mass is 19.2. The van der Waals surface area contributed by atoms with Crippen molar-refractivity contribution in [1.82, 2.24) is 5.32 Å². The fourth-order valence-corrected chi connectivity index (χ4v) is 3.15. The van der Waals surface area contributed by atoms with Gasteiger partial charge in [-0.2, -0.15) is 5.26 Å². The minimum atomic E-state index is -1.02. The Balaban J connectivity index is 2.23. The number of nitrogens with zero attached hydrogens (tertiary/aromatic N) is 1. The summed E-state index contributed by atoms with van der Waals surface area (Å²) in [6, 6.07) is 15.5. The van der Waals surface area contributed by atoms with Crippen LogP contribution in [-0.2, 0) is 0 Å². The van der Waals surface area contributed by atoms with Gasteiger partial charge in [0.2, 0.25) is 0 Å². The van der Waals surface area contributed by atoms with E-state index in [2.05, 4.69) is 11.4 Å². The number of hydrogen-bond donors (Lipinski definition) is 2. The van der Waals surface area contributed by atoms with Crippen molar-refractivity contribution in [3.05, 3.63) is 82.9 Å². The van der Waals surface area contributed by atoms with Gasteiger partial charge in [0.25, 0.3) is 5.91 Å². The zero-order valence-electron chi connectivity index (χ0n) is 16.5. The van der Waals surface area contributed by atoms with Crippen LogP contribution in [0.4, 0.5) is 8.78 Å². The number of carbonyl (C=O) groups is 1. The van der Waals surface area contributed by atoms with Gasteiger partial charge < -0.3 is 10.4 Å². The summed E-state index contributed by atoms with van der Waals surface area (Å²) in [5.74, 6) is -2.48. The van der Waals surface area contributed by atoms with Crippen molar-refractivity contribution in [2.45, 2.75) is 19.9 Å². The van der Waals surface area contributed by atoms with Crippen molar-refractivity contribution < 1.29 is 18.7 Å². The Hall–Kier alpha value is -3.56. The Morgan fingerprint density at radius 1 is 1.10 bits per heavy atom. The SMILES string of the molecule is Cc1ccc(-c2cc(C(=O)N[C@@H](C)CO)cc(-c3cccc(F)c3F)c2)c(C#N)c1. The Kier molecular flexibility index (Phi) is 6.24. The van der Waals surface area contributed by atoms with Crippen molar-refractivity contribution in [2.24, 2.45) is 0 Å². The molecule has 1 atom stereocenters. The lowest BCUT2D eigenvalue weighted by atomic mass is 9.92. The van der Waals surface area contributed by atoms with Crippen LogP contribution in [0.25, 0.3) is 22.3 Å². The number of nitriles is 1. The summed E-state index contributed by atoms with van der Waals surface area (Å²) in [6.45, 7) is 3.26. The highest BCUT2D eigenvalue weighted by Gasteiger charge is 2.17. The van der Waals surface area contributed by atoms with E-state index in [0.717, 1.165) is 11.6 Å². The van der Waals surface area contributed by atoms with E-state index in [1.165, 1.54) is 18.2 Å². The molecule has 4 nitrogen and oxygen atoms in total. The summed E-state index contributed by atoms with van der Waals surface area (Å²) in [5, 5.41) is 21.4. The second kappa shape index (κ2) is 8.85. The van der Waals surface area contributed by atoms with Crippen LogP contribution >= 0.6 is 0 Å². The molecule has 3 rings (SSSR count). The molecule has 6 heteroatoms. The molecule has 0 fully saturated rings. The van der Waals surface area contributed by atoms with Crippen LogP contribution in [0.2, 0.25) is 0 Å². The van der Waals surface area contributed by atoms with E-state index in [0.29, 0.717) is 22.3 Å². The van der Waals surface area contributed by atoms with Gasteiger partial charge in [0.1, 0.15) is 0 Å². The van der Waals surface area contributed by atoms with Crippen molar-refractivity contribution in [3.63, 3.8) is 0 Å². The number of nitrogens with one attached hydrogen (secondary N) is 1. The third-order valence-electron chi connectivity index (χ3n) is 4.72. The molecule has 3 aromatic carbocycles. The molecule has 0 aliphatic carbocycles. The summed E-state index contributed by atoms with van der Waals surface area (Å²) >= 11 is 0. The molecule has 0 aliphatic rings. The van der Waals surface area contributed by atoms with Gasteiger partial charge in [-0.05, 0) is 66.4 Å². The predicted molar refractivity (Wildman–Crippen MR) is 111 cm³/mol. The Morgan fingerprint density at radius 3 is 2.47 bits per heavy atom. The first kappa shape index (κ1) is 21.2. The normalized spacial score (nSPS) is 11.6. The van der Waals surface area contributed by atoms with Crippen molar-refractivity contribution in [2.75, 3.05) is 6.61 Å². The van der Waals surface area contributed by atoms with Crippen molar-refractivity contribution >= 4 is 5.91 Å². The van der Waals surface area contributed by atoms with Crippen LogP contribution in [0.15, 0.2) is 54.6 Å². The number of aliphatic hydroxyl groups excluding tert-OH is 1. The Bertz CT molecular complexity index is 1150. The van der Waals surface area contributed by atoms with Crippen molar-refractivity contribution in [1.29, 1.82) is 5.26 Å². The molecule has 0 heterocycles. The van der Waals surface area contributed by atoms with E-state index in [-0.39, 0.29) is 17.7 Å². The highest BCUT2D eigenvalue weighted by Crippen LogP contribution is 2.32. The largest absolute Gasteiger partial charge is 0.394 e. The highest BCUT2D eigenvalue weighted by molar-refractivity contribution is 5.97. The number of amides is 1. The molecule has 1 amide bonds. The van der Waals surface area contributed by atoms with Gasteiger partial charge in [-0.25, -0.2) is 8.78 Å². The van der Waals surface area contributed by atoms with E-state index in [1.54, 1.807) is 31.2 Å². The van der Waals surface area contributed by atoms with Crippen LogP contribution in [0.1, 0.15) is 28.4 Å². The van der Waals surface area contributed by atoms with Gasteiger partial charge in [0.15, 0.2) is 11.6 Å². The number of benzene rings is 3. The lowest BCUT2D eigenvalue weighted by Crippen LogP contribution is -2.35. The quantitative estimate of drug-likeness (QED) is 0.651. The molecule has 30 heavy (non-hydrogen) atoms. The van der Waals surface area contributed by atoms with Crippen LogP contribution in [0, 0.1) is 29.9 Å². The maximum Gasteiger partial charge on any atom is 0.251 e. The fraction of sp³-hybridized carbons (Fsp3) is 0.167. The summed E-state index contributed by atoms with van der Waals surface area (Å²) in [6.07, 6.45) is 0. The van der Waals surface area contributed by atoms with Crippen molar-refractivity contribution in [3.8, 4) is 28.3 Å². The van der Waals surface area contributed by atoms with Crippen LogP contribution in [-0.4, -0.2) is 23.7 Å². The van der Waals surface area contributed by atoms with Crippen LogP contribution in [0.5, 0.6) is 0 Å². The van der Waals surface area contributed by atoms with E-state index in [1.807, 2.05) is 13.0 Å². The van der Waals surface area contributed by atoms with Gasteiger partial charge >= 0.3 is 0 Å². The van der Waals surface area contributed by atoms with Gasteiger partial charge in [-0.15, -0.1) is 0 Å².